The molecule has 0 aliphatic rings. The Morgan fingerprint density at radius 1 is 0.306 bits per heavy atom. The highest BCUT2D eigenvalue weighted by Crippen LogP contribution is 2.45. The number of phosphoric ester groups is 2. The average Bonchev–Trinajstić information content (AvgIpc) is 1.04. The molecule has 0 fully saturated rings. The first kappa shape index (κ1) is 92.9. The summed E-state index contributed by atoms with van der Waals surface area (Å²) in [6.45, 7) is 4.33. The van der Waals surface area contributed by atoms with Crippen LogP contribution in [0.25, 0.3) is 0 Å². The molecule has 0 saturated heterocycles. The molecule has 5 unspecified atom stereocenters. The highest BCUT2D eigenvalue weighted by atomic mass is 31.2. The quantitative estimate of drug-likeness (QED) is 0.0169. The smallest absolute Gasteiger partial charge is 0.462 e. The largest absolute Gasteiger partial charge is 0.472 e. The molecule has 0 saturated carbocycles. The second-order valence-electron chi connectivity index (χ2n) is 24.1. The third-order valence-corrected chi connectivity index (χ3v) is 16.7. The van der Waals surface area contributed by atoms with Crippen LogP contribution >= 0.6 is 15.6 Å². The van der Waals surface area contributed by atoms with Crippen LogP contribution in [-0.4, -0.2) is 96.7 Å². The second kappa shape index (κ2) is 70.4. The Balaban J connectivity index is 5.47. The number of allylic oxidation sites excluding steroid dienone is 23. The van der Waals surface area contributed by atoms with Gasteiger partial charge in [0.1, 0.15) is 19.3 Å². The molecule has 0 aromatic carbocycles. The number of rotatable bonds is 68. The number of unbranched alkanes of at least 4 members (excludes halogenated alkanes) is 19. The molecule has 0 heterocycles. The summed E-state index contributed by atoms with van der Waals surface area (Å²) >= 11 is 0. The number of ether oxygens (including phenoxy) is 4. The molecule has 0 aliphatic heterocycles. The van der Waals surface area contributed by atoms with Crippen LogP contribution in [0.2, 0.25) is 0 Å². The van der Waals surface area contributed by atoms with Crippen LogP contribution in [0.15, 0.2) is 146 Å². The van der Waals surface area contributed by atoms with E-state index < -0.39 is 97.5 Å². The van der Waals surface area contributed by atoms with Crippen molar-refractivity contribution in [1.82, 2.24) is 0 Å². The highest BCUT2D eigenvalue weighted by molar-refractivity contribution is 7.47. The van der Waals surface area contributed by atoms with E-state index in [1.165, 1.54) is 51.4 Å². The Labute approximate surface area is 592 Å². The highest BCUT2D eigenvalue weighted by Gasteiger charge is 2.30. The molecule has 98 heavy (non-hydrogen) atoms. The Morgan fingerprint density at radius 3 is 0.929 bits per heavy atom. The zero-order valence-electron chi connectivity index (χ0n) is 60.7. The predicted molar refractivity (Wildman–Crippen MR) is 399 cm³/mol. The molecule has 0 spiro atoms. The maximum Gasteiger partial charge on any atom is 0.472 e. The number of carbonyl (C=O) groups excluding carboxylic acids is 4. The normalized spacial score (nSPS) is 14.8. The van der Waals surface area contributed by atoms with Crippen molar-refractivity contribution in [2.45, 2.75) is 290 Å². The number of carbonyl (C=O) groups is 4. The zero-order chi connectivity index (χ0) is 71.8. The summed E-state index contributed by atoms with van der Waals surface area (Å²) in [5.41, 5.74) is 0. The molecule has 0 aromatic rings. The average molecular weight is 1410 g/mol. The molecule has 5 atom stereocenters. The van der Waals surface area contributed by atoms with Crippen LogP contribution in [0, 0.1) is 0 Å². The van der Waals surface area contributed by atoms with Gasteiger partial charge in [0, 0.05) is 19.3 Å². The number of esters is 4. The molecular formula is C79H130O17P2. The predicted octanol–water partition coefficient (Wildman–Crippen LogP) is 21.1. The van der Waals surface area contributed by atoms with Crippen LogP contribution in [0.1, 0.15) is 272 Å². The molecule has 19 heteroatoms. The van der Waals surface area contributed by atoms with E-state index in [0.717, 1.165) is 141 Å². The first-order chi connectivity index (χ1) is 47.7. The zero-order valence-corrected chi connectivity index (χ0v) is 62.4. The van der Waals surface area contributed by atoms with Crippen molar-refractivity contribution in [2.24, 2.45) is 0 Å². The van der Waals surface area contributed by atoms with E-state index in [0.29, 0.717) is 25.7 Å². The van der Waals surface area contributed by atoms with Gasteiger partial charge < -0.3 is 33.8 Å². The number of hydrogen-bond acceptors (Lipinski definition) is 15. The molecule has 3 N–H and O–H groups in total. The Hall–Kier alpha value is -5.06. The van der Waals surface area contributed by atoms with Crippen molar-refractivity contribution in [3.8, 4) is 0 Å². The fraction of sp³-hybridized carbons (Fsp3) is 0.646. The first-order valence-electron chi connectivity index (χ1n) is 37.1. The van der Waals surface area contributed by atoms with Crippen LogP contribution in [0.3, 0.4) is 0 Å². The number of aliphatic hydroxyl groups is 1. The number of hydrogen-bond donors (Lipinski definition) is 3. The molecule has 558 valence electrons. The van der Waals surface area contributed by atoms with Gasteiger partial charge in [-0.05, 0) is 122 Å². The van der Waals surface area contributed by atoms with E-state index in [2.05, 4.69) is 149 Å². The van der Waals surface area contributed by atoms with E-state index in [-0.39, 0.29) is 25.7 Å². The van der Waals surface area contributed by atoms with Crippen LogP contribution < -0.4 is 0 Å². The van der Waals surface area contributed by atoms with Crippen LogP contribution in [-0.2, 0) is 65.4 Å². The molecule has 0 bridgehead atoms. The summed E-state index contributed by atoms with van der Waals surface area (Å²) < 4.78 is 68.2. The van der Waals surface area contributed by atoms with Gasteiger partial charge in [-0.3, -0.25) is 37.3 Å². The Bertz CT molecular complexity index is 2430. The van der Waals surface area contributed by atoms with Crippen molar-refractivity contribution < 1.29 is 80.2 Å². The van der Waals surface area contributed by atoms with Gasteiger partial charge in [-0.25, -0.2) is 9.13 Å². The minimum atomic E-state index is -5.00. The number of aliphatic hydroxyl groups excluding tert-OH is 1. The monoisotopic (exact) mass is 1410 g/mol. The summed E-state index contributed by atoms with van der Waals surface area (Å²) in [6, 6.07) is 0. The lowest BCUT2D eigenvalue weighted by Crippen LogP contribution is -2.30. The third kappa shape index (κ3) is 69.4. The van der Waals surface area contributed by atoms with Crippen molar-refractivity contribution in [2.75, 3.05) is 39.6 Å². The molecule has 0 radical (unpaired) electrons. The van der Waals surface area contributed by atoms with E-state index in [1.54, 1.807) is 6.08 Å². The number of phosphoric acid groups is 2. The standard InChI is InChI=1S/C79H130O17P2/c1-5-9-13-17-21-25-29-33-36-40-43-47-51-55-59-63-76(81)89-69-74(95-78(83)65-61-57-53-49-45-39-32-28-24-20-16-12-8-4)71-93-97(85,86)91-67-73(80)68-92-98(87,88)94-72-75(96-79(84)66-62-58-54-50-46-42-38-35-31-27-23-19-15-11-7-3)70-90-77(82)64-60-56-52-48-44-41-37-34-30-26-22-18-14-10-6-2/h9-11,13-15,21-23,25-27,33-38,43-44,47-48,56,60,73-75,80H,5-8,12,16-20,24,28-32,39-42,45-46,49-55,57-59,61-72H2,1-4H3,(H,85,86)(H,87,88)/b13-9-,14-10-,15-11-,25-21-,26-22-,27-23-,36-33-,37-34-,38-35-,47-43-,48-44-,60-56-. The molecule has 0 aliphatic carbocycles. The lowest BCUT2D eigenvalue weighted by Gasteiger charge is -2.21. The fourth-order valence-corrected chi connectivity index (χ4v) is 10.9. The van der Waals surface area contributed by atoms with E-state index in [9.17, 15) is 43.2 Å². The SMILES string of the molecule is CC/C=C\C/C=C\C/C=C\C/C=C\C/C=C\CC(=O)OCC(COP(=O)(O)OCC(O)COP(=O)(O)OCC(COC(=O)CCCC/C=C\C/C=C\C/C=C\C/C=C\CC)OC(=O)CCCCCCCCCCCCCCC)OC(=O)CCCCCCC/C=C\C/C=C\C/C=C\CC. The third-order valence-electron chi connectivity index (χ3n) is 14.8. The Morgan fingerprint density at radius 2 is 0.571 bits per heavy atom. The fourth-order valence-electron chi connectivity index (χ4n) is 9.30. The van der Waals surface area contributed by atoms with Crippen molar-refractivity contribution in [3.05, 3.63) is 146 Å². The lowest BCUT2D eigenvalue weighted by molar-refractivity contribution is -0.161. The van der Waals surface area contributed by atoms with Crippen molar-refractivity contribution in [1.29, 1.82) is 0 Å². The van der Waals surface area contributed by atoms with Gasteiger partial charge in [0.2, 0.25) is 0 Å². The van der Waals surface area contributed by atoms with Gasteiger partial charge in [0.05, 0.1) is 32.8 Å². The lowest BCUT2D eigenvalue weighted by atomic mass is 10.0. The van der Waals surface area contributed by atoms with E-state index in [4.69, 9.17) is 37.0 Å². The molecule has 0 aromatic heterocycles. The first-order valence-corrected chi connectivity index (χ1v) is 40.1. The molecule has 0 amide bonds. The van der Waals surface area contributed by atoms with E-state index >= 15 is 0 Å². The van der Waals surface area contributed by atoms with Crippen molar-refractivity contribution >= 4 is 39.5 Å². The molecule has 17 nitrogen and oxygen atoms in total. The second-order valence-corrected chi connectivity index (χ2v) is 27.0. The van der Waals surface area contributed by atoms with Crippen molar-refractivity contribution in [3.63, 3.8) is 0 Å². The summed E-state index contributed by atoms with van der Waals surface area (Å²) in [4.78, 5) is 72.7. The van der Waals surface area contributed by atoms with Gasteiger partial charge in [-0.15, -0.1) is 0 Å². The summed E-state index contributed by atoms with van der Waals surface area (Å²) in [5.74, 6) is -2.40. The summed E-state index contributed by atoms with van der Waals surface area (Å²) in [6.07, 6.45) is 78.8. The minimum absolute atomic E-state index is 0.0511. The van der Waals surface area contributed by atoms with E-state index in [1.807, 2.05) is 18.2 Å². The Kier molecular flexibility index (Phi) is 66.7. The van der Waals surface area contributed by atoms with Gasteiger partial charge in [0.25, 0.3) is 0 Å². The van der Waals surface area contributed by atoms with Crippen LogP contribution in [0.5, 0.6) is 0 Å². The summed E-state index contributed by atoms with van der Waals surface area (Å²) in [7, 11) is -9.99. The maximum atomic E-state index is 13.1. The van der Waals surface area contributed by atoms with Gasteiger partial charge >= 0.3 is 39.5 Å². The molecule has 0 rings (SSSR count). The summed E-state index contributed by atoms with van der Waals surface area (Å²) in [5, 5.41) is 10.6. The van der Waals surface area contributed by atoms with Gasteiger partial charge in [0.15, 0.2) is 12.2 Å². The van der Waals surface area contributed by atoms with Gasteiger partial charge in [-0.1, -0.05) is 270 Å². The minimum Gasteiger partial charge on any atom is -0.462 e. The topological polar surface area (TPSA) is 237 Å². The van der Waals surface area contributed by atoms with Crippen LogP contribution in [0.4, 0.5) is 0 Å². The van der Waals surface area contributed by atoms with Gasteiger partial charge in [-0.2, -0.15) is 0 Å². The maximum absolute atomic E-state index is 13.1. The molecular weight excluding hydrogens is 1280 g/mol.